The van der Waals surface area contributed by atoms with Crippen LogP contribution in [0, 0.1) is 20.8 Å². The van der Waals surface area contributed by atoms with E-state index in [4.69, 9.17) is 9.51 Å². The van der Waals surface area contributed by atoms with Crippen molar-refractivity contribution in [2.75, 3.05) is 32.1 Å². The van der Waals surface area contributed by atoms with Gasteiger partial charge in [0, 0.05) is 50.2 Å². The molecule has 24 heavy (non-hydrogen) atoms. The van der Waals surface area contributed by atoms with E-state index in [9.17, 15) is 4.79 Å². The summed E-state index contributed by atoms with van der Waals surface area (Å²) in [5, 5.41) is 3.89. The zero-order chi connectivity index (χ0) is 17.4. The molecule has 0 radical (unpaired) electrons. The molecule has 128 valence electrons. The van der Waals surface area contributed by atoms with Crippen molar-refractivity contribution in [3.63, 3.8) is 0 Å². The lowest BCUT2D eigenvalue weighted by atomic mass is 10.0. The molecular formula is C18H24N4O2. The number of aryl methyl sites for hydroxylation is 3. The Bertz CT molecular complexity index is 747. The quantitative estimate of drug-likeness (QED) is 0.867. The highest BCUT2D eigenvalue weighted by molar-refractivity contribution is 5.96. The normalized spacial score (nSPS) is 17.4. The molecule has 0 N–H and O–H groups in total. The molecular weight excluding hydrogens is 304 g/mol. The largest absolute Gasteiger partial charge is 0.378 e. The summed E-state index contributed by atoms with van der Waals surface area (Å²) in [5.74, 6) is 0.867. The third-order valence-corrected chi connectivity index (χ3v) is 4.62. The number of pyridine rings is 1. The van der Waals surface area contributed by atoms with Crippen LogP contribution >= 0.6 is 0 Å². The predicted octanol–water partition coefficient (Wildman–Crippen LogP) is 2.69. The van der Waals surface area contributed by atoms with Gasteiger partial charge in [0.15, 0.2) is 0 Å². The van der Waals surface area contributed by atoms with Gasteiger partial charge in [0.2, 0.25) is 0 Å². The lowest BCUT2D eigenvalue weighted by Crippen LogP contribution is -2.29. The first kappa shape index (κ1) is 16.5. The van der Waals surface area contributed by atoms with E-state index in [1.54, 1.807) is 6.92 Å². The topological polar surface area (TPSA) is 62.5 Å². The van der Waals surface area contributed by atoms with E-state index >= 15 is 0 Å². The van der Waals surface area contributed by atoms with Crippen LogP contribution in [0.5, 0.6) is 0 Å². The minimum absolute atomic E-state index is 0.00855. The second-order valence-electron chi connectivity index (χ2n) is 6.72. The molecule has 1 fully saturated rings. The second kappa shape index (κ2) is 6.26. The fourth-order valence-corrected chi connectivity index (χ4v) is 3.28. The summed E-state index contributed by atoms with van der Waals surface area (Å²) in [7, 11) is 4.06. The minimum Gasteiger partial charge on any atom is -0.378 e. The van der Waals surface area contributed by atoms with Gasteiger partial charge in [-0.2, -0.15) is 0 Å². The third-order valence-electron chi connectivity index (χ3n) is 4.62. The summed E-state index contributed by atoms with van der Waals surface area (Å²) in [4.78, 5) is 21.4. The van der Waals surface area contributed by atoms with Crippen molar-refractivity contribution in [2.24, 2.45) is 0 Å². The zero-order valence-electron chi connectivity index (χ0n) is 15.0. The number of nitrogens with zero attached hydrogens (tertiary/aromatic N) is 4. The number of aromatic nitrogens is 2. The number of carbonyl (C=O) groups is 1. The molecule has 3 heterocycles. The maximum absolute atomic E-state index is 12.8. The summed E-state index contributed by atoms with van der Waals surface area (Å²) >= 11 is 0. The smallest absolute Gasteiger partial charge is 0.259 e. The van der Waals surface area contributed by atoms with Crippen molar-refractivity contribution in [2.45, 2.75) is 33.1 Å². The van der Waals surface area contributed by atoms with Crippen molar-refractivity contribution in [3.05, 3.63) is 40.5 Å². The Morgan fingerprint density at radius 3 is 2.67 bits per heavy atom. The van der Waals surface area contributed by atoms with Gasteiger partial charge in [0.05, 0.1) is 5.69 Å². The molecule has 3 rings (SSSR count). The van der Waals surface area contributed by atoms with Crippen LogP contribution in [0.15, 0.2) is 16.7 Å². The van der Waals surface area contributed by atoms with Crippen molar-refractivity contribution in [1.29, 1.82) is 0 Å². The van der Waals surface area contributed by atoms with Crippen molar-refractivity contribution >= 4 is 11.6 Å². The third kappa shape index (κ3) is 3.00. The Balaban J connectivity index is 1.80. The first-order valence-electron chi connectivity index (χ1n) is 8.25. The molecule has 0 aromatic carbocycles. The maximum Gasteiger partial charge on any atom is 0.259 e. The molecule has 1 saturated heterocycles. The first-order chi connectivity index (χ1) is 11.4. The molecule has 0 aliphatic carbocycles. The summed E-state index contributed by atoms with van der Waals surface area (Å²) in [5.41, 5.74) is 4.47. The van der Waals surface area contributed by atoms with Gasteiger partial charge in [-0.3, -0.25) is 9.78 Å². The number of amides is 1. The lowest BCUT2D eigenvalue weighted by Gasteiger charge is -2.18. The molecule has 1 unspecified atom stereocenters. The second-order valence-corrected chi connectivity index (χ2v) is 6.72. The average molecular weight is 328 g/mol. The fraction of sp³-hybridized carbons (Fsp3) is 0.500. The van der Waals surface area contributed by atoms with Gasteiger partial charge >= 0.3 is 0 Å². The van der Waals surface area contributed by atoms with Crippen LogP contribution in [0.3, 0.4) is 0 Å². The number of hydrogen-bond acceptors (Lipinski definition) is 5. The molecule has 6 nitrogen and oxygen atoms in total. The SMILES string of the molecule is Cc1cc(N(C)C)cc(C2CCN(C(=O)c3c(C)noc3C)C2)n1. The van der Waals surface area contributed by atoms with Crippen LogP contribution in [0.25, 0.3) is 0 Å². The van der Waals surface area contributed by atoms with Gasteiger partial charge in [-0.15, -0.1) is 0 Å². The molecule has 2 aromatic heterocycles. The summed E-state index contributed by atoms with van der Waals surface area (Å²) in [6.07, 6.45) is 0.929. The predicted molar refractivity (Wildman–Crippen MR) is 92.5 cm³/mol. The summed E-state index contributed by atoms with van der Waals surface area (Å²) in [6, 6.07) is 4.20. The van der Waals surface area contributed by atoms with Crippen molar-refractivity contribution in [1.82, 2.24) is 15.0 Å². The first-order valence-corrected chi connectivity index (χ1v) is 8.25. The highest BCUT2D eigenvalue weighted by Crippen LogP contribution is 2.30. The van der Waals surface area contributed by atoms with Crippen LogP contribution in [0.2, 0.25) is 0 Å². The van der Waals surface area contributed by atoms with E-state index in [0.29, 0.717) is 23.6 Å². The number of anilines is 1. The van der Waals surface area contributed by atoms with Gasteiger partial charge < -0.3 is 14.3 Å². The Morgan fingerprint density at radius 2 is 2.04 bits per heavy atom. The van der Waals surface area contributed by atoms with Gasteiger partial charge in [0.25, 0.3) is 5.91 Å². The van der Waals surface area contributed by atoms with E-state index in [1.807, 2.05) is 32.8 Å². The molecule has 0 spiro atoms. The molecule has 1 atom stereocenters. The van der Waals surface area contributed by atoms with Gasteiger partial charge in [-0.05, 0) is 39.3 Å². The van der Waals surface area contributed by atoms with Crippen LogP contribution in [-0.4, -0.2) is 48.1 Å². The van der Waals surface area contributed by atoms with Crippen molar-refractivity contribution in [3.8, 4) is 0 Å². The zero-order valence-corrected chi connectivity index (χ0v) is 15.0. The number of rotatable bonds is 3. The molecule has 0 saturated carbocycles. The molecule has 6 heteroatoms. The van der Waals surface area contributed by atoms with Crippen LogP contribution in [0.4, 0.5) is 5.69 Å². The maximum atomic E-state index is 12.8. The number of hydrogen-bond donors (Lipinski definition) is 0. The van der Waals surface area contributed by atoms with Crippen LogP contribution in [-0.2, 0) is 0 Å². The Hall–Kier alpha value is -2.37. The van der Waals surface area contributed by atoms with Crippen molar-refractivity contribution < 1.29 is 9.32 Å². The average Bonchev–Trinajstić information content (AvgIpc) is 3.13. The Labute approximate surface area is 142 Å². The number of likely N-dealkylation sites (tertiary alicyclic amines) is 1. The highest BCUT2D eigenvalue weighted by Gasteiger charge is 2.31. The Kier molecular flexibility index (Phi) is 4.30. The van der Waals surface area contributed by atoms with Gasteiger partial charge in [-0.1, -0.05) is 5.16 Å². The van der Waals surface area contributed by atoms with E-state index in [-0.39, 0.29) is 11.8 Å². The standard InChI is InChI=1S/C18H24N4O2/c1-11-8-15(21(4)5)9-16(19-11)14-6-7-22(10-14)18(23)17-12(2)20-24-13(17)3/h8-9,14H,6-7,10H2,1-5H3. The monoisotopic (exact) mass is 328 g/mol. The lowest BCUT2D eigenvalue weighted by molar-refractivity contribution is 0.0788. The molecule has 0 bridgehead atoms. The molecule has 1 amide bonds. The summed E-state index contributed by atoms with van der Waals surface area (Å²) < 4.78 is 5.13. The highest BCUT2D eigenvalue weighted by atomic mass is 16.5. The Morgan fingerprint density at radius 1 is 1.29 bits per heavy atom. The fourth-order valence-electron chi connectivity index (χ4n) is 3.28. The molecule has 1 aliphatic heterocycles. The van der Waals surface area contributed by atoms with Crippen LogP contribution in [0.1, 0.15) is 45.5 Å². The van der Waals surface area contributed by atoms with Gasteiger partial charge in [-0.25, -0.2) is 0 Å². The molecule has 2 aromatic rings. The van der Waals surface area contributed by atoms with E-state index in [1.165, 1.54) is 0 Å². The summed E-state index contributed by atoms with van der Waals surface area (Å²) in [6.45, 7) is 7.03. The van der Waals surface area contributed by atoms with E-state index < -0.39 is 0 Å². The van der Waals surface area contributed by atoms with E-state index in [2.05, 4.69) is 22.2 Å². The van der Waals surface area contributed by atoms with E-state index in [0.717, 1.165) is 30.0 Å². The minimum atomic E-state index is 0.00855. The molecule has 1 aliphatic rings. The number of carbonyl (C=O) groups excluding carboxylic acids is 1. The van der Waals surface area contributed by atoms with Crippen LogP contribution < -0.4 is 4.90 Å². The van der Waals surface area contributed by atoms with Gasteiger partial charge in [0.1, 0.15) is 11.3 Å².